The molecule has 0 amide bonds. The molecule has 1 unspecified atom stereocenters. The summed E-state index contributed by atoms with van der Waals surface area (Å²) in [5.41, 5.74) is 3.60. The van der Waals surface area contributed by atoms with Crippen molar-refractivity contribution in [1.82, 2.24) is 9.97 Å². The number of halogens is 1. The van der Waals surface area contributed by atoms with Gasteiger partial charge in [-0.2, -0.15) is 0 Å². The average molecular weight is 294 g/mol. The molecule has 3 heteroatoms. The molecule has 0 aliphatic heterocycles. The number of nitrogens with zero attached hydrogens (tertiary/aromatic N) is 1. The normalized spacial score (nSPS) is 12.2. The van der Waals surface area contributed by atoms with Crippen LogP contribution in [0.4, 0.5) is 4.39 Å². The maximum Gasteiger partial charge on any atom is 0.123 e. The van der Waals surface area contributed by atoms with Crippen LogP contribution in [0.15, 0.2) is 67.1 Å². The molecule has 0 spiro atoms. The van der Waals surface area contributed by atoms with Crippen molar-refractivity contribution in [2.45, 2.75) is 25.2 Å². The maximum atomic E-state index is 13.2. The molecule has 1 heterocycles. The SMILES string of the molecule is Fc1ccc(C(CCCc2cnc[nH]2)c2ccccc2)cc1. The number of benzene rings is 2. The molecule has 0 saturated carbocycles. The predicted octanol–water partition coefficient (Wildman–Crippen LogP) is 4.70. The van der Waals surface area contributed by atoms with Gasteiger partial charge in [-0.1, -0.05) is 42.5 Å². The Labute approximate surface area is 130 Å². The van der Waals surface area contributed by atoms with E-state index in [2.05, 4.69) is 34.2 Å². The van der Waals surface area contributed by atoms with Gasteiger partial charge < -0.3 is 4.98 Å². The zero-order valence-electron chi connectivity index (χ0n) is 12.4. The van der Waals surface area contributed by atoms with Crippen molar-refractivity contribution in [2.24, 2.45) is 0 Å². The minimum absolute atomic E-state index is 0.187. The van der Waals surface area contributed by atoms with Gasteiger partial charge in [-0.05, 0) is 42.5 Å². The highest BCUT2D eigenvalue weighted by atomic mass is 19.1. The first-order valence-electron chi connectivity index (χ1n) is 7.60. The number of aromatic nitrogens is 2. The van der Waals surface area contributed by atoms with E-state index in [4.69, 9.17) is 0 Å². The summed E-state index contributed by atoms with van der Waals surface area (Å²) in [6, 6.07) is 17.3. The van der Waals surface area contributed by atoms with Gasteiger partial charge in [0.1, 0.15) is 5.82 Å². The van der Waals surface area contributed by atoms with Gasteiger partial charge in [-0.25, -0.2) is 9.37 Å². The smallest absolute Gasteiger partial charge is 0.123 e. The topological polar surface area (TPSA) is 28.7 Å². The number of H-pyrrole nitrogens is 1. The van der Waals surface area contributed by atoms with Gasteiger partial charge in [0.05, 0.1) is 6.33 Å². The molecule has 3 aromatic rings. The molecule has 0 fully saturated rings. The second-order valence-electron chi connectivity index (χ2n) is 5.48. The van der Waals surface area contributed by atoms with E-state index in [1.807, 2.05) is 24.4 Å². The second-order valence-corrected chi connectivity index (χ2v) is 5.48. The fourth-order valence-electron chi connectivity index (χ4n) is 2.82. The van der Waals surface area contributed by atoms with E-state index in [-0.39, 0.29) is 5.82 Å². The van der Waals surface area contributed by atoms with E-state index in [0.717, 1.165) is 30.5 Å². The Hall–Kier alpha value is -2.42. The van der Waals surface area contributed by atoms with Crippen molar-refractivity contribution in [3.8, 4) is 0 Å². The number of aryl methyl sites for hydroxylation is 1. The highest BCUT2D eigenvalue weighted by Gasteiger charge is 2.14. The van der Waals surface area contributed by atoms with Gasteiger partial charge in [0.15, 0.2) is 0 Å². The van der Waals surface area contributed by atoms with E-state index in [1.54, 1.807) is 18.5 Å². The Kier molecular flexibility index (Phi) is 4.64. The number of hydrogen-bond acceptors (Lipinski definition) is 1. The van der Waals surface area contributed by atoms with Crippen molar-refractivity contribution in [3.05, 3.63) is 89.8 Å². The van der Waals surface area contributed by atoms with E-state index in [9.17, 15) is 4.39 Å². The molecular formula is C19H19FN2. The lowest BCUT2D eigenvalue weighted by molar-refractivity contribution is 0.622. The maximum absolute atomic E-state index is 13.2. The Morgan fingerprint density at radius 3 is 2.36 bits per heavy atom. The number of hydrogen-bond donors (Lipinski definition) is 1. The molecule has 112 valence electrons. The van der Waals surface area contributed by atoms with Crippen LogP contribution in [0.2, 0.25) is 0 Å². The molecular weight excluding hydrogens is 275 g/mol. The molecule has 2 aromatic carbocycles. The van der Waals surface area contributed by atoms with Gasteiger partial charge in [0.25, 0.3) is 0 Å². The first-order valence-corrected chi connectivity index (χ1v) is 7.60. The van der Waals surface area contributed by atoms with E-state index < -0.39 is 0 Å². The lowest BCUT2D eigenvalue weighted by Gasteiger charge is -2.18. The Bertz CT molecular complexity index is 675. The molecule has 0 aliphatic rings. The second kappa shape index (κ2) is 7.03. The van der Waals surface area contributed by atoms with Crippen LogP contribution < -0.4 is 0 Å². The number of imidazole rings is 1. The fourth-order valence-corrected chi connectivity index (χ4v) is 2.82. The summed E-state index contributed by atoms with van der Waals surface area (Å²) in [4.78, 5) is 7.19. The van der Waals surface area contributed by atoms with Gasteiger partial charge in [0, 0.05) is 17.8 Å². The molecule has 1 atom stereocenters. The Balaban J connectivity index is 1.75. The molecule has 0 aliphatic carbocycles. The minimum Gasteiger partial charge on any atom is -0.348 e. The molecule has 0 bridgehead atoms. The molecule has 1 aromatic heterocycles. The zero-order chi connectivity index (χ0) is 15.2. The van der Waals surface area contributed by atoms with Crippen molar-refractivity contribution in [2.75, 3.05) is 0 Å². The van der Waals surface area contributed by atoms with Crippen LogP contribution >= 0.6 is 0 Å². The van der Waals surface area contributed by atoms with E-state index in [0.29, 0.717) is 5.92 Å². The quantitative estimate of drug-likeness (QED) is 0.701. The van der Waals surface area contributed by atoms with Gasteiger partial charge in [-0.3, -0.25) is 0 Å². The van der Waals surface area contributed by atoms with Crippen molar-refractivity contribution in [3.63, 3.8) is 0 Å². The summed E-state index contributed by atoms with van der Waals surface area (Å²) in [5, 5.41) is 0. The lowest BCUT2D eigenvalue weighted by atomic mass is 9.87. The number of nitrogens with one attached hydrogen (secondary N) is 1. The van der Waals surface area contributed by atoms with E-state index >= 15 is 0 Å². The molecule has 0 radical (unpaired) electrons. The zero-order valence-corrected chi connectivity index (χ0v) is 12.4. The van der Waals surface area contributed by atoms with E-state index in [1.165, 1.54) is 5.56 Å². The summed E-state index contributed by atoms with van der Waals surface area (Å²) in [6.45, 7) is 0. The van der Waals surface area contributed by atoms with Gasteiger partial charge >= 0.3 is 0 Å². The summed E-state index contributed by atoms with van der Waals surface area (Å²) in [6.07, 6.45) is 6.64. The Morgan fingerprint density at radius 2 is 1.68 bits per heavy atom. The van der Waals surface area contributed by atoms with Crippen LogP contribution in [0.1, 0.15) is 35.6 Å². The Morgan fingerprint density at radius 1 is 0.955 bits per heavy atom. The molecule has 22 heavy (non-hydrogen) atoms. The van der Waals surface area contributed by atoms with Gasteiger partial charge in [0.2, 0.25) is 0 Å². The summed E-state index contributed by atoms with van der Waals surface area (Å²) < 4.78 is 13.2. The first-order chi connectivity index (χ1) is 10.8. The van der Waals surface area contributed by atoms with Crippen molar-refractivity contribution >= 4 is 0 Å². The molecule has 1 N–H and O–H groups in total. The third-order valence-corrected chi connectivity index (χ3v) is 3.97. The van der Waals surface area contributed by atoms with Crippen LogP contribution in [0.3, 0.4) is 0 Å². The fraction of sp³-hybridized carbons (Fsp3) is 0.211. The minimum atomic E-state index is -0.187. The standard InChI is InChI=1S/C19H19FN2/c20-17-11-9-16(10-12-17)19(15-5-2-1-3-6-15)8-4-7-18-13-21-14-22-18/h1-3,5-6,9-14,19H,4,7-8H2,(H,21,22). The summed E-state index contributed by atoms with van der Waals surface area (Å²) in [5.74, 6) is 0.109. The summed E-state index contributed by atoms with van der Waals surface area (Å²) >= 11 is 0. The van der Waals surface area contributed by atoms with Crippen LogP contribution in [-0.2, 0) is 6.42 Å². The first kappa shape index (κ1) is 14.5. The van der Waals surface area contributed by atoms with Crippen LogP contribution in [-0.4, -0.2) is 9.97 Å². The molecule has 2 nitrogen and oxygen atoms in total. The van der Waals surface area contributed by atoms with Crippen molar-refractivity contribution in [1.29, 1.82) is 0 Å². The van der Waals surface area contributed by atoms with Gasteiger partial charge in [-0.15, -0.1) is 0 Å². The predicted molar refractivity (Wildman–Crippen MR) is 86.2 cm³/mol. The highest BCUT2D eigenvalue weighted by Crippen LogP contribution is 2.29. The third kappa shape index (κ3) is 3.61. The average Bonchev–Trinajstić information content (AvgIpc) is 3.07. The largest absolute Gasteiger partial charge is 0.348 e. The van der Waals surface area contributed by atoms with Crippen LogP contribution in [0.5, 0.6) is 0 Å². The molecule has 0 saturated heterocycles. The lowest BCUT2D eigenvalue weighted by Crippen LogP contribution is -2.02. The summed E-state index contributed by atoms with van der Waals surface area (Å²) in [7, 11) is 0. The van der Waals surface area contributed by atoms with Crippen LogP contribution in [0.25, 0.3) is 0 Å². The highest BCUT2D eigenvalue weighted by molar-refractivity contribution is 5.32. The van der Waals surface area contributed by atoms with Crippen molar-refractivity contribution < 1.29 is 4.39 Å². The van der Waals surface area contributed by atoms with Crippen LogP contribution in [0, 0.1) is 5.82 Å². The number of rotatable bonds is 6. The molecule has 3 rings (SSSR count). The monoisotopic (exact) mass is 294 g/mol. The number of aromatic amines is 1. The third-order valence-electron chi connectivity index (χ3n) is 3.97.